The molecule has 2 unspecified atom stereocenters. The van der Waals surface area contributed by atoms with Crippen molar-refractivity contribution >= 4 is 0 Å². The molecule has 2 heterocycles. The van der Waals surface area contributed by atoms with Gasteiger partial charge in [0.05, 0.1) is 13.2 Å². The lowest BCUT2D eigenvalue weighted by Crippen LogP contribution is -2.54. The Labute approximate surface area is 77.1 Å². The van der Waals surface area contributed by atoms with Gasteiger partial charge in [0, 0.05) is 23.5 Å². The van der Waals surface area contributed by atoms with E-state index in [9.17, 15) is 0 Å². The molecule has 2 aliphatic rings. The van der Waals surface area contributed by atoms with E-state index < -0.39 is 0 Å². The Bertz CT molecular complexity index is 214. The van der Waals surface area contributed by atoms with Gasteiger partial charge in [-0.1, -0.05) is 5.11 Å². The van der Waals surface area contributed by atoms with Crippen LogP contribution in [0.2, 0.25) is 0 Å². The zero-order valence-electron chi connectivity index (χ0n) is 7.52. The number of morpholine rings is 1. The standard InChI is InChI=1S/C8H14N4O/c9-12-10-3-6-1-7-4-13-5-8(2-6)11-7/h6-8,11H,1-5H2. The van der Waals surface area contributed by atoms with Gasteiger partial charge in [-0.2, -0.15) is 0 Å². The molecule has 0 radical (unpaired) electrons. The van der Waals surface area contributed by atoms with Gasteiger partial charge >= 0.3 is 0 Å². The fourth-order valence-corrected chi connectivity index (χ4v) is 2.26. The molecule has 0 aromatic carbocycles. The van der Waals surface area contributed by atoms with E-state index in [4.69, 9.17) is 10.3 Å². The van der Waals surface area contributed by atoms with Gasteiger partial charge in [0.15, 0.2) is 0 Å². The first-order valence-corrected chi connectivity index (χ1v) is 4.73. The second-order valence-electron chi connectivity index (χ2n) is 3.85. The molecule has 2 rings (SSSR count). The van der Waals surface area contributed by atoms with E-state index in [1.54, 1.807) is 0 Å². The highest BCUT2D eigenvalue weighted by Gasteiger charge is 2.31. The fourth-order valence-electron chi connectivity index (χ4n) is 2.26. The van der Waals surface area contributed by atoms with Crippen LogP contribution in [0.15, 0.2) is 5.11 Å². The van der Waals surface area contributed by atoms with Crippen LogP contribution in [0.5, 0.6) is 0 Å². The zero-order valence-corrected chi connectivity index (χ0v) is 7.52. The van der Waals surface area contributed by atoms with E-state index >= 15 is 0 Å². The molecule has 72 valence electrons. The molecular weight excluding hydrogens is 168 g/mol. The van der Waals surface area contributed by atoms with E-state index in [1.807, 2.05) is 0 Å². The van der Waals surface area contributed by atoms with E-state index in [0.29, 0.717) is 24.5 Å². The SMILES string of the molecule is [N-]=[N+]=NCC1CC2COCC(C1)N2. The predicted molar refractivity (Wildman–Crippen MR) is 48.3 cm³/mol. The first kappa shape index (κ1) is 8.81. The van der Waals surface area contributed by atoms with Crippen LogP contribution in [0.4, 0.5) is 0 Å². The Morgan fingerprint density at radius 3 is 2.69 bits per heavy atom. The molecule has 1 N–H and O–H groups in total. The fraction of sp³-hybridized carbons (Fsp3) is 1.00. The summed E-state index contributed by atoms with van der Waals surface area (Å²) in [5.74, 6) is 0.552. The molecule has 0 saturated carbocycles. The third kappa shape index (κ3) is 2.12. The van der Waals surface area contributed by atoms with Crippen molar-refractivity contribution in [1.82, 2.24) is 5.32 Å². The predicted octanol–water partition coefficient (Wildman–Crippen LogP) is 1.06. The lowest BCUT2D eigenvalue weighted by atomic mass is 9.87. The van der Waals surface area contributed by atoms with Crippen LogP contribution in [0.25, 0.3) is 10.4 Å². The molecule has 0 amide bonds. The van der Waals surface area contributed by atoms with Crippen molar-refractivity contribution < 1.29 is 4.74 Å². The summed E-state index contributed by atoms with van der Waals surface area (Å²) in [5, 5.41) is 7.13. The van der Waals surface area contributed by atoms with Crippen LogP contribution < -0.4 is 5.32 Å². The van der Waals surface area contributed by atoms with Gasteiger partial charge < -0.3 is 10.1 Å². The van der Waals surface area contributed by atoms with E-state index in [2.05, 4.69) is 15.3 Å². The Morgan fingerprint density at radius 1 is 1.38 bits per heavy atom. The molecule has 2 saturated heterocycles. The Hall–Kier alpha value is -0.770. The average molecular weight is 182 g/mol. The van der Waals surface area contributed by atoms with Gasteiger partial charge in [-0.25, -0.2) is 0 Å². The van der Waals surface area contributed by atoms with E-state index in [-0.39, 0.29) is 0 Å². The largest absolute Gasteiger partial charge is 0.378 e. The van der Waals surface area contributed by atoms with Gasteiger partial charge in [0.2, 0.25) is 0 Å². The Balaban J connectivity index is 1.89. The van der Waals surface area contributed by atoms with Crippen LogP contribution in [0.1, 0.15) is 12.8 Å². The Kier molecular flexibility index (Phi) is 2.68. The van der Waals surface area contributed by atoms with Gasteiger partial charge in [0.1, 0.15) is 0 Å². The highest BCUT2D eigenvalue weighted by molar-refractivity contribution is 4.88. The first-order valence-electron chi connectivity index (χ1n) is 4.73. The number of piperidine rings is 1. The summed E-state index contributed by atoms with van der Waals surface area (Å²) in [4.78, 5) is 2.80. The molecule has 2 aliphatic heterocycles. The molecule has 0 aromatic rings. The number of fused-ring (bicyclic) bond motifs is 2. The van der Waals surface area contributed by atoms with Crippen LogP contribution in [0, 0.1) is 5.92 Å². The summed E-state index contributed by atoms with van der Waals surface area (Å²) in [6.45, 7) is 2.26. The van der Waals surface area contributed by atoms with Gasteiger partial charge in [0.25, 0.3) is 0 Å². The van der Waals surface area contributed by atoms with Gasteiger partial charge in [-0.3, -0.25) is 0 Å². The number of nitrogens with one attached hydrogen (secondary N) is 1. The molecule has 2 bridgehead atoms. The minimum Gasteiger partial charge on any atom is -0.378 e. The zero-order chi connectivity index (χ0) is 9.10. The molecule has 2 atom stereocenters. The van der Waals surface area contributed by atoms with E-state index in [1.165, 1.54) is 0 Å². The van der Waals surface area contributed by atoms with Crippen molar-refractivity contribution in [3.63, 3.8) is 0 Å². The van der Waals surface area contributed by atoms with Crippen molar-refractivity contribution in [3.8, 4) is 0 Å². The lowest BCUT2D eigenvalue weighted by Gasteiger charge is -2.39. The average Bonchev–Trinajstić information content (AvgIpc) is 2.14. The molecule has 13 heavy (non-hydrogen) atoms. The van der Waals surface area contributed by atoms with Crippen LogP contribution in [-0.2, 0) is 4.74 Å². The van der Waals surface area contributed by atoms with Crippen molar-refractivity contribution in [2.45, 2.75) is 24.9 Å². The maximum absolute atomic E-state index is 8.22. The first-order chi connectivity index (χ1) is 6.38. The van der Waals surface area contributed by atoms with Crippen molar-refractivity contribution in [2.24, 2.45) is 11.0 Å². The third-order valence-electron chi connectivity index (χ3n) is 2.75. The molecule has 0 aliphatic carbocycles. The van der Waals surface area contributed by atoms with Gasteiger partial charge in [-0.05, 0) is 24.3 Å². The van der Waals surface area contributed by atoms with Crippen LogP contribution in [-0.4, -0.2) is 31.8 Å². The molecular formula is C8H14N4O. The molecule has 0 aromatic heterocycles. The van der Waals surface area contributed by atoms with Gasteiger partial charge in [-0.15, -0.1) is 0 Å². The molecule has 2 fully saturated rings. The van der Waals surface area contributed by atoms with Crippen LogP contribution >= 0.6 is 0 Å². The van der Waals surface area contributed by atoms with Crippen molar-refractivity contribution in [1.29, 1.82) is 0 Å². The maximum Gasteiger partial charge on any atom is 0.0620 e. The van der Waals surface area contributed by atoms with E-state index in [0.717, 1.165) is 26.1 Å². The number of azide groups is 1. The van der Waals surface area contributed by atoms with Crippen molar-refractivity contribution in [2.75, 3.05) is 19.8 Å². The smallest absolute Gasteiger partial charge is 0.0620 e. The van der Waals surface area contributed by atoms with Crippen molar-refractivity contribution in [3.05, 3.63) is 10.4 Å². The quantitative estimate of drug-likeness (QED) is 0.394. The molecule has 5 nitrogen and oxygen atoms in total. The minimum absolute atomic E-state index is 0.478. The minimum atomic E-state index is 0.478. The summed E-state index contributed by atoms with van der Waals surface area (Å²) >= 11 is 0. The Morgan fingerprint density at radius 2 is 2.08 bits per heavy atom. The lowest BCUT2D eigenvalue weighted by molar-refractivity contribution is 0.00939. The summed E-state index contributed by atoms with van der Waals surface area (Å²) < 4.78 is 5.42. The number of hydrogen-bond acceptors (Lipinski definition) is 3. The monoisotopic (exact) mass is 182 g/mol. The highest BCUT2D eigenvalue weighted by Crippen LogP contribution is 2.23. The number of rotatable bonds is 2. The summed E-state index contributed by atoms with van der Waals surface area (Å²) in [6, 6.07) is 0.956. The summed E-state index contributed by atoms with van der Waals surface area (Å²) in [7, 11) is 0. The third-order valence-corrected chi connectivity index (χ3v) is 2.75. The maximum atomic E-state index is 8.22. The highest BCUT2D eigenvalue weighted by atomic mass is 16.5. The second kappa shape index (κ2) is 3.96. The number of ether oxygens (including phenoxy) is 1. The number of hydrogen-bond donors (Lipinski definition) is 1. The summed E-state index contributed by atoms with van der Waals surface area (Å²) in [5.41, 5.74) is 8.22. The summed E-state index contributed by atoms with van der Waals surface area (Å²) in [6.07, 6.45) is 2.16. The molecule has 0 spiro atoms. The molecule has 5 heteroatoms. The second-order valence-corrected chi connectivity index (χ2v) is 3.85. The topological polar surface area (TPSA) is 70.0 Å². The van der Waals surface area contributed by atoms with Crippen LogP contribution in [0.3, 0.4) is 0 Å². The number of nitrogens with zero attached hydrogens (tertiary/aromatic N) is 3. The normalized spacial score (nSPS) is 38.0.